The van der Waals surface area contributed by atoms with Gasteiger partial charge < -0.3 is 4.74 Å². The number of aromatic nitrogens is 3. The molecule has 0 fully saturated rings. The quantitative estimate of drug-likeness (QED) is 0.759. The number of aryl methyl sites for hydroxylation is 1. The van der Waals surface area contributed by atoms with Gasteiger partial charge in [0.2, 0.25) is 0 Å². The topological polar surface area (TPSA) is 71.7 Å². The van der Waals surface area contributed by atoms with E-state index in [2.05, 4.69) is 15.0 Å². The Morgan fingerprint density at radius 1 is 1.19 bits per heavy atom. The Morgan fingerprint density at radius 2 is 1.94 bits per heavy atom. The first kappa shape index (κ1) is 10.1. The fourth-order valence-electron chi connectivity index (χ4n) is 1.23. The molecule has 2 heterocycles. The van der Waals surface area contributed by atoms with E-state index in [0.29, 0.717) is 17.2 Å². The van der Waals surface area contributed by atoms with Gasteiger partial charge in [0.05, 0.1) is 12.4 Å². The van der Waals surface area contributed by atoms with Gasteiger partial charge in [-0.3, -0.25) is 0 Å². The van der Waals surface area contributed by atoms with E-state index in [9.17, 15) is 0 Å². The monoisotopic (exact) mass is 212 g/mol. The maximum atomic E-state index is 8.76. The first-order valence-corrected chi connectivity index (χ1v) is 4.59. The third-order valence-corrected chi connectivity index (χ3v) is 1.81. The third kappa shape index (κ3) is 2.30. The van der Waals surface area contributed by atoms with Crippen molar-refractivity contribution >= 4 is 0 Å². The molecule has 0 saturated heterocycles. The highest BCUT2D eigenvalue weighted by Crippen LogP contribution is 2.20. The van der Waals surface area contributed by atoms with E-state index in [0.717, 1.165) is 5.69 Å². The Hall–Kier alpha value is -2.48. The Morgan fingerprint density at radius 3 is 2.62 bits per heavy atom. The highest BCUT2D eigenvalue weighted by atomic mass is 16.5. The fourth-order valence-corrected chi connectivity index (χ4v) is 1.23. The summed E-state index contributed by atoms with van der Waals surface area (Å²) in [5, 5.41) is 8.76. The van der Waals surface area contributed by atoms with Gasteiger partial charge in [0.25, 0.3) is 0 Å². The van der Waals surface area contributed by atoms with Crippen molar-refractivity contribution in [3.05, 3.63) is 42.2 Å². The van der Waals surface area contributed by atoms with E-state index in [4.69, 9.17) is 10.00 Å². The molecule has 0 bridgehead atoms. The summed E-state index contributed by atoms with van der Waals surface area (Å²) in [5.74, 6) is 1.08. The smallest absolute Gasteiger partial charge is 0.163 e. The lowest BCUT2D eigenvalue weighted by molar-refractivity contribution is 0.476. The zero-order valence-corrected chi connectivity index (χ0v) is 8.58. The average Bonchev–Trinajstić information content (AvgIpc) is 2.29. The van der Waals surface area contributed by atoms with Crippen molar-refractivity contribution in [3.63, 3.8) is 0 Å². The molecule has 2 aromatic heterocycles. The van der Waals surface area contributed by atoms with Crippen LogP contribution in [-0.2, 0) is 0 Å². The number of nitriles is 1. The lowest BCUT2D eigenvalue weighted by atomic mass is 10.3. The second-order valence-electron chi connectivity index (χ2n) is 3.12. The highest BCUT2D eigenvalue weighted by Gasteiger charge is 2.02. The third-order valence-electron chi connectivity index (χ3n) is 1.81. The summed E-state index contributed by atoms with van der Waals surface area (Å²) in [6.45, 7) is 1.80. The van der Waals surface area contributed by atoms with Crippen LogP contribution in [0, 0.1) is 18.3 Å². The summed E-state index contributed by atoms with van der Waals surface area (Å²) >= 11 is 0. The SMILES string of the molecule is Cc1cc(Oc2cncnc2)cc(C#N)n1. The van der Waals surface area contributed by atoms with Gasteiger partial charge in [-0.15, -0.1) is 0 Å². The first-order chi connectivity index (χ1) is 7.78. The summed E-state index contributed by atoms with van der Waals surface area (Å²) in [7, 11) is 0. The van der Waals surface area contributed by atoms with Crippen molar-refractivity contribution < 1.29 is 4.74 Å². The molecule has 0 aliphatic carbocycles. The number of ether oxygens (including phenoxy) is 1. The van der Waals surface area contributed by atoms with Gasteiger partial charge in [-0.05, 0) is 6.92 Å². The molecule has 2 rings (SSSR count). The molecule has 0 aromatic carbocycles. The molecule has 0 N–H and O–H groups in total. The van der Waals surface area contributed by atoms with Crippen molar-refractivity contribution in [1.82, 2.24) is 15.0 Å². The number of hydrogen-bond acceptors (Lipinski definition) is 5. The number of nitrogens with zero attached hydrogens (tertiary/aromatic N) is 4. The van der Waals surface area contributed by atoms with E-state index in [1.165, 1.54) is 6.33 Å². The second kappa shape index (κ2) is 4.36. The highest BCUT2D eigenvalue weighted by molar-refractivity contribution is 5.35. The van der Waals surface area contributed by atoms with Gasteiger partial charge in [0.15, 0.2) is 5.75 Å². The van der Waals surface area contributed by atoms with Crippen LogP contribution in [0.2, 0.25) is 0 Å². The predicted molar refractivity (Wildman–Crippen MR) is 55.8 cm³/mol. The van der Waals surface area contributed by atoms with Gasteiger partial charge in [-0.1, -0.05) is 0 Å². The van der Waals surface area contributed by atoms with E-state index in [-0.39, 0.29) is 0 Å². The van der Waals surface area contributed by atoms with Crippen LogP contribution in [0.25, 0.3) is 0 Å². The lowest BCUT2D eigenvalue weighted by Gasteiger charge is -2.05. The molecule has 0 aliphatic rings. The van der Waals surface area contributed by atoms with E-state index in [1.807, 2.05) is 6.07 Å². The van der Waals surface area contributed by atoms with E-state index < -0.39 is 0 Å². The van der Waals surface area contributed by atoms with Crippen LogP contribution in [0.4, 0.5) is 0 Å². The maximum Gasteiger partial charge on any atom is 0.163 e. The molecule has 78 valence electrons. The van der Waals surface area contributed by atoms with Gasteiger partial charge in [-0.25, -0.2) is 15.0 Å². The van der Waals surface area contributed by atoms with E-state index >= 15 is 0 Å². The summed E-state index contributed by atoms with van der Waals surface area (Å²) in [5.41, 5.74) is 1.05. The summed E-state index contributed by atoms with van der Waals surface area (Å²) in [6.07, 6.45) is 4.52. The van der Waals surface area contributed by atoms with Crippen molar-refractivity contribution in [2.45, 2.75) is 6.92 Å². The number of pyridine rings is 1. The van der Waals surface area contributed by atoms with Crippen LogP contribution in [0.3, 0.4) is 0 Å². The van der Waals surface area contributed by atoms with E-state index in [1.54, 1.807) is 31.5 Å². The fraction of sp³-hybridized carbons (Fsp3) is 0.0909. The molecule has 2 aromatic rings. The standard InChI is InChI=1S/C11H8N4O/c1-8-2-10(3-9(4-12)15-8)16-11-5-13-7-14-6-11/h2-3,5-7H,1H3. The van der Waals surface area contributed by atoms with Crippen molar-refractivity contribution in [3.8, 4) is 17.6 Å². The zero-order valence-electron chi connectivity index (χ0n) is 8.58. The average molecular weight is 212 g/mol. The molecule has 0 aliphatic heterocycles. The van der Waals surface area contributed by atoms with Crippen LogP contribution < -0.4 is 4.74 Å². The Balaban J connectivity index is 2.29. The van der Waals surface area contributed by atoms with Crippen LogP contribution >= 0.6 is 0 Å². The van der Waals surface area contributed by atoms with Gasteiger partial charge in [0, 0.05) is 17.8 Å². The zero-order chi connectivity index (χ0) is 11.4. The minimum Gasteiger partial charge on any atom is -0.454 e. The summed E-state index contributed by atoms with van der Waals surface area (Å²) in [6, 6.07) is 5.28. The van der Waals surface area contributed by atoms with Gasteiger partial charge in [-0.2, -0.15) is 5.26 Å². The summed E-state index contributed by atoms with van der Waals surface area (Å²) < 4.78 is 5.49. The lowest BCUT2D eigenvalue weighted by Crippen LogP contribution is -1.91. The number of rotatable bonds is 2. The van der Waals surface area contributed by atoms with Crippen LogP contribution in [0.15, 0.2) is 30.9 Å². The van der Waals surface area contributed by atoms with Crippen LogP contribution in [0.1, 0.15) is 11.4 Å². The minimum atomic E-state index is 0.326. The Bertz CT molecular complexity index is 533. The number of hydrogen-bond donors (Lipinski definition) is 0. The van der Waals surface area contributed by atoms with Crippen molar-refractivity contribution in [2.75, 3.05) is 0 Å². The largest absolute Gasteiger partial charge is 0.454 e. The molecule has 5 heteroatoms. The molecule has 0 amide bonds. The molecular weight excluding hydrogens is 204 g/mol. The molecule has 0 radical (unpaired) electrons. The van der Waals surface area contributed by atoms with Crippen molar-refractivity contribution in [1.29, 1.82) is 5.26 Å². The molecule has 0 spiro atoms. The van der Waals surface area contributed by atoms with Crippen LogP contribution in [0.5, 0.6) is 11.5 Å². The van der Waals surface area contributed by atoms with Crippen LogP contribution in [-0.4, -0.2) is 15.0 Å². The molecule has 0 atom stereocenters. The van der Waals surface area contributed by atoms with Gasteiger partial charge in [0.1, 0.15) is 23.8 Å². The van der Waals surface area contributed by atoms with Crippen molar-refractivity contribution in [2.24, 2.45) is 0 Å². The first-order valence-electron chi connectivity index (χ1n) is 4.59. The molecular formula is C11H8N4O. The molecule has 0 unspecified atom stereocenters. The predicted octanol–water partition coefficient (Wildman–Crippen LogP) is 1.84. The maximum absolute atomic E-state index is 8.76. The summed E-state index contributed by atoms with van der Waals surface area (Å²) in [4.78, 5) is 11.7. The second-order valence-corrected chi connectivity index (χ2v) is 3.12. The molecule has 0 saturated carbocycles. The molecule has 5 nitrogen and oxygen atoms in total. The van der Waals surface area contributed by atoms with Gasteiger partial charge >= 0.3 is 0 Å². The molecule has 16 heavy (non-hydrogen) atoms. The Labute approximate surface area is 92.4 Å². The minimum absolute atomic E-state index is 0.326. The normalized spacial score (nSPS) is 9.50. The Kier molecular flexibility index (Phi) is 2.74.